The summed E-state index contributed by atoms with van der Waals surface area (Å²) in [7, 11) is 0. The van der Waals surface area contributed by atoms with E-state index in [1.807, 2.05) is 0 Å². The van der Waals surface area contributed by atoms with Gasteiger partial charge in [-0.3, -0.25) is 4.79 Å². The van der Waals surface area contributed by atoms with Crippen molar-refractivity contribution in [1.29, 1.82) is 0 Å². The molecular formula is C12H5Cl5N2O. The fourth-order valence-electron chi connectivity index (χ4n) is 1.58. The van der Waals surface area contributed by atoms with Crippen LogP contribution in [0.25, 0.3) is 11.1 Å². The van der Waals surface area contributed by atoms with Crippen LogP contribution in [0.5, 0.6) is 0 Å². The van der Waals surface area contributed by atoms with Crippen LogP contribution >= 0.6 is 58.0 Å². The zero-order valence-corrected chi connectivity index (χ0v) is 13.3. The Bertz CT molecular complexity index is 688. The Hall–Kier alpha value is -0.710. The summed E-state index contributed by atoms with van der Waals surface area (Å²) >= 11 is 30.2. The van der Waals surface area contributed by atoms with Gasteiger partial charge in [-0.1, -0.05) is 58.0 Å². The molecule has 0 aliphatic carbocycles. The molecule has 2 rings (SSSR count). The molecule has 1 aromatic carbocycles. The second-order valence-corrected chi connectivity index (χ2v) is 5.65. The van der Waals surface area contributed by atoms with Gasteiger partial charge < -0.3 is 5.73 Å². The highest BCUT2D eigenvalue weighted by atomic mass is 35.5. The van der Waals surface area contributed by atoms with Gasteiger partial charge in [-0.2, -0.15) is 0 Å². The Balaban J connectivity index is 2.79. The molecule has 1 heterocycles. The van der Waals surface area contributed by atoms with Gasteiger partial charge in [-0.15, -0.1) is 0 Å². The Morgan fingerprint density at radius 3 is 1.95 bits per heavy atom. The van der Waals surface area contributed by atoms with Gasteiger partial charge in [0.2, 0.25) is 0 Å². The van der Waals surface area contributed by atoms with Gasteiger partial charge in [-0.25, -0.2) is 4.98 Å². The molecule has 0 saturated heterocycles. The van der Waals surface area contributed by atoms with E-state index in [0.717, 1.165) is 0 Å². The molecule has 2 N–H and O–H groups in total. The molecule has 0 aliphatic rings. The van der Waals surface area contributed by atoms with Crippen LogP contribution in [0.2, 0.25) is 25.1 Å². The Kier molecular flexibility index (Phi) is 4.67. The molecule has 8 heteroatoms. The maximum atomic E-state index is 10.9. The number of rotatable bonds is 2. The lowest BCUT2D eigenvalue weighted by atomic mass is 10.1. The Labute approximate surface area is 139 Å². The number of nitrogens with two attached hydrogens (primary N) is 1. The Morgan fingerprint density at radius 2 is 1.45 bits per heavy atom. The fraction of sp³-hybridized carbons (Fsp3) is 0. The van der Waals surface area contributed by atoms with Crippen LogP contribution in [-0.2, 0) is 0 Å². The van der Waals surface area contributed by atoms with Gasteiger partial charge in [0.1, 0.15) is 5.82 Å². The van der Waals surface area contributed by atoms with Gasteiger partial charge in [0.25, 0.3) is 0 Å². The predicted molar refractivity (Wildman–Crippen MR) is 84.5 cm³/mol. The third-order valence-electron chi connectivity index (χ3n) is 2.57. The minimum absolute atomic E-state index is 0.0612. The van der Waals surface area contributed by atoms with Crippen molar-refractivity contribution in [2.75, 3.05) is 5.73 Å². The molecule has 1 aromatic heterocycles. The lowest BCUT2D eigenvalue weighted by molar-refractivity contribution is 0.112. The summed E-state index contributed by atoms with van der Waals surface area (Å²) in [4.78, 5) is 14.8. The first-order valence-electron chi connectivity index (χ1n) is 5.11. The van der Waals surface area contributed by atoms with Gasteiger partial charge in [-0.05, 0) is 6.07 Å². The van der Waals surface area contributed by atoms with Crippen molar-refractivity contribution in [2.24, 2.45) is 0 Å². The quantitative estimate of drug-likeness (QED) is 0.437. The standard InChI is InChI=1S/C12H5Cl5N2O/c13-7-6(8(14)10(16)11(17)9(7)15)4-1-5(3-20)12(18)19-2-4/h1-3H,(H2,18,19). The first-order chi connectivity index (χ1) is 9.38. The van der Waals surface area contributed by atoms with Crippen molar-refractivity contribution >= 4 is 70.1 Å². The number of benzene rings is 1. The molecule has 2 aromatic rings. The number of aldehydes is 1. The largest absolute Gasteiger partial charge is 0.383 e. The molecule has 0 fully saturated rings. The van der Waals surface area contributed by atoms with Crippen molar-refractivity contribution in [3.63, 3.8) is 0 Å². The number of pyridine rings is 1. The maximum absolute atomic E-state index is 10.9. The van der Waals surface area contributed by atoms with Crippen LogP contribution in [0.15, 0.2) is 12.3 Å². The second kappa shape index (κ2) is 5.96. The van der Waals surface area contributed by atoms with Crippen LogP contribution in [0.3, 0.4) is 0 Å². The molecule has 0 aliphatic heterocycles. The lowest BCUT2D eigenvalue weighted by Crippen LogP contribution is -1.97. The monoisotopic (exact) mass is 368 g/mol. The molecule has 0 bridgehead atoms. The van der Waals surface area contributed by atoms with E-state index in [0.29, 0.717) is 17.4 Å². The molecule has 0 saturated carbocycles. The molecule has 0 atom stereocenters. The van der Waals surface area contributed by atoms with E-state index >= 15 is 0 Å². The van der Waals surface area contributed by atoms with E-state index < -0.39 is 0 Å². The van der Waals surface area contributed by atoms with Crippen molar-refractivity contribution in [2.45, 2.75) is 0 Å². The predicted octanol–water partition coefficient (Wildman–Crippen LogP) is 5.41. The van der Waals surface area contributed by atoms with Gasteiger partial charge in [0, 0.05) is 17.3 Å². The van der Waals surface area contributed by atoms with E-state index in [2.05, 4.69) is 4.98 Å². The molecular weight excluding hydrogens is 365 g/mol. The Morgan fingerprint density at radius 1 is 0.950 bits per heavy atom. The number of carbonyl (C=O) groups excluding carboxylic acids is 1. The highest BCUT2D eigenvalue weighted by Crippen LogP contribution is 2.48. The summed E-state index contributed by atoms with van der Waals surface area (Å²) < 4.78 is 0. The molecule has 0 spiro atoms. The van der Waals surface area contributed by atoms with Crippen LogP contribution < -0.4 is 5.73 Å². The zero-order chi connectivity index (χ0) is 15.0. The average molecular weight is 370 g/mol. The van der Waals surface area contributed by atoms with Gasteiger partial charge >= 0.3 is 0 Å². The molecule has 20 heavy (non-hydrogen) atoms. The third-order valence-corrected chi connectivity index (χ3v) is 4.85. The number of halogens is 5. The SMILES string of the molecule is Nc1ncc(-c2c(Cl)c(Cl)c(Cl)c(Cl)c2Cl)cc1C=O. The van der Waals surface area contributed by atoms with E-state index in [9.17, 15) is 4.79 Å². The lowest BCUT2D eigenvalue weighted by Gasteiger charge is -2.13. The molecule has 0 radical (unpaired) electrons. The minimum atomic E-state index is 0.0612. The molecule has 0 unspecified atom stereocenters. The second-order valence-electron chi connectivity index (χ2n) is 3.76. The fourth-order valence-corrected chi connectivity index (χ4v) is 2.94. The van der Waals surface area contributed by atoms with Gasteiger partial charge in [0.05, 0.1) is 30.7 Å². The molecule has 104 valence electrons. The number of carbonyl (C=O) groups is 1. The third kappa shape index (κ3) is 2.57. The summed E-state index contributed by atoms with van der Waals surface area (Å²) in [6.07, 6.45) is 1.99. The number of nitrogens with zero attached hydrogens (tertiary/aromatic N) is 1. The van der Waals surface area contributed by atoms with Crippen LogP contribution in [0, 0.1) is 0 Å². The number of hydrogen-bond donors (Lipinski definition) is 1. The number of nitrogen functional groups attached to an aromatic ring is 1. The zero-order valence-electron chi connectivity index (χ0n) is 9.55. The normalized spacial score (nSPS) is 10.7. The average Bonchev–Trinajstić information content (AvgIpc) is 2.45. The highest BCUT2D eigenvalue weighted by molar-refractivity contribution is 6.56. The minimum Gasteiger partial charge on any atom is -0.383 e. The summed E-state index contributed by atoms with van der Waals surface area (Å²) in [6.45, 7) is 0. The van der Waals surface area contributed by atoms with E-state index in [4.69, 9.17) is 63.7 Å². The highest BCUT2D eigenvalue weighted by Gasteiger charge is 2.21. The van der Waals surface area contributed by atoms with E-state index in [1.54, 1.807) is 0 Å². The van der Waals surface area contributed by atoms with Crippen molar-refractivity contribution in [1.82, 2.24) is 4.98 Å². The summed E-state index contributed by atoms with van der Waals surface area (Å²) in [6, 6.07) is 1.49. The van der Waals surface area contributed by atoms with Crippen molar-refractivity contribution in [3.05, 3.63) is 42.9 Å². The first kappa shape index (κ1) is 15.7. The van der Waals surface area contributed by atoms with Gasteiger partial charge in [0.15, 0.2) is 6.29 Å². The van der Waals surface area contributed by atoms with Crippen molar-refractivity contribution < 1.29 is 4.79 Å². The summed E-state index contributed by atoms with van der Waals surface area (Å²) in [5.41, 5.74) is 6.55. The smallest absolute Gasteiger partial charge is 0.153 e. The molecule has 3 nitrogen and oxygen atoms in total. The van der Waals surface area contributed by atoms with Crippen LogP contribution in [-0.4, -0.2) is 11.3 Å². The van der Waals surface area contributed by atoms with Crippen LogP contribution in [0.4, 0.5) is 5.82 Å². The van der Waals surface area contributed by atoms with E-state index in [1.165, 1.54) is 12.3 Å². The molecule has 0 amide bonds. The number of hydrogen-bond acceptors (Lipinski definition) is 3. The first-order valence-corrected chi connectivity index (χ1v) is 7.00. The number of aromatic nitrogens is 1. The maximum Gasteiger partial charge on any atom is 0.153 e. The number of anilines is 1. The summed E-state index contributed by atoms with van der Waals surface area (Å²) in [5.74, 6) is 0.0992. The van der Waals surface area contributed by atoms with Crippen LogP contribution in [0.1, 0.15) is 10.4 Å². The summed E-state index contributed by atoms with van der Waals surface area (Å²) in [5, 5.41) is 0.444. The van der Waals surface area contributed by atoms with Crippen molar-refractivity contribution in [3.8, 4) is 11.1 Å². The topological polar surface area (TPSA) is 56.0 Å². The van der Waals surface area contributed by atoms with E-state index in [-0.39, 0.29) is 36.5 Å².